The van der Waals surface area contributed by atoms with Gasteiger partial charge in [0.05, 0.1) is 23.6 Å². The van der Waals surface area contributed by atoms with Gasteiger partial charge in [0.2, 0.25) is 0 Å². The number of fused-ring (bicyclic) bond motifs is 5. The van der Waals surface area contributed by atoms with Crippen LogP contribution in [0.1, 0.15) is 28.8 Å². The molecule has 7 heteroatoms. The number of aromatic nitrogens is 3. The molecule has 0 radical (unpaired) electrons. The van der Waals surface area contributed by atoms with Gasteiger partial charge in [-0.15, -0.1) is 0 Å². The Morgan fingerprint density at radius 2 is 2.10 bits per heavy atom. The molecule has 3 aromatic rings. The van der Waals surface area contributed by atoms with Gasteiger partial charge >= 0.3 is 6.03 Å². The normalized spacial score (nSPS) is 15.2. The van der Waals surface area contributed by atoms with Gasteiger partial charge in [0.15, 0.2) is 0 Å². The van der Waals surface area contributed by atoms with Crippen molar-refractivity contribution in [2.45, 2.75) is 39.3 Å². The maximum Gasteiger partial charge on any atom is 0.322 e. The summed E-state index contributed by atoms with van der Waals surface area (Å²) in [4.78, 5) is 19.3. The Labute approximate surface area is 168 Å². The van der Waals surface area contributed by atoms with E-state index < -0.39 is 0 Å². The zero-order valence-electron chi connectivity index (χ0n) is 16.3. The van der Waals surface area contributed by atoms with Crippen molar-refractivity contribution in [3.63, 3.8) is 0 Å². The minimum Gasteiger partial charge on any atom is -0.320 e. The number of rotatable bonds is 1. The first kappa shape index (κ1) is 17.8. The number of halogens is 1. The third-order valence-corrected chi connectivity index (χ3v) is 5.73. The Morgan fingerprint density at radius 1 is 1.21 bits per heavy atom. The number of hydrogen-bond acceptors (Lipinski definition) is 3. The molecule has 5 rings (SSSR count). The molecule has 0 spiro atoms. The zero-order chi connectivity index (χ0) is 20.0. The van der Waals surface area contributed by atoms with Crippen molar-refractivity contribution < 1.29 is 9.18 Å². The molecule has 1 aromatic carbocycles. The third-order valence-electron chi connectivity index (χ3n) is 5.73. The van der Waals surface area contributed by atoms with Crippen molar-refractivity contribution in [1.82, 2.24) is 19.7 Å². The summed E-state index contributed by atoms with van der Waals surface area (Å²) < 4.78 is 15.6. The summed E-state index contributed by atoms with van der Waals surface area (Å²) in [5.74, 6) is -0.278. The lowest BCUT2D eigenvalue weighted by molar-refractivity contribution is 0.206. The van der Waals surface area contributed by atoms with E-state index in [0.29, 0.717) is 30.8 Å². The summed E-state index contributed by atoms with van der Waals surface area (Å²) in [6, 6.07) is 8.52. The molecule has 1 N–H and O–H groups in total. The average molecular weight is 391 g/mol. The fraction of sp³-hybridized carbons (Fsp3) is 0.318. The second-order valence-corrected chi connectivity index (χ2v) is 7.68. The maximum atomic E-state index is 13.5. The monoisotopic (exact) mass is 391 g/mol. The zero-order valence-corrected chi connectivity index (χ0v) is 16.3. The lowest BCUT2D eigenvalue weighted by Gasteiger charge is -2.27. The van der Waals surface area contributed by atoms with Crippen LogP contribution in [-0.4, -0.2) is 32.2 Å². The number of pyridine rings is 1. The number of nitrogens with zero attached hydrogens (tertiary/aromatic N) is 4. The van der Waals surface area contributed by atoms with E-state index in [4.69, 9.17) is 5.10 Å². The first-order valence-corrected chi connectivity index (χ1v) is 9.95. The minimum atomic E-state index is -0.278. The van der Waals surface area contributed by atoms with Crippen molar-refractivity contribution in [1.29, 1.82) is 0 Å². The van der Waals surface area contributed by atoms with Gasteiger partial charge in [0.1, 0.15) is 5.82 Å². The Bertz CT molecular complexity index is 1110. The molecule has 0 saturated carbocycles. The molecule has 2 aromatic heterocycles. The molecular weight excluding hydrogens is 369 g/mol. The molecule has 29 heavy (non-hydrogen) atoms. The molecule has 2 aliphatic heterocycles. The van der Waals surface area contributed by atoms with Crippen molar-refractivity contribution in [3.8, 4) is 11.4 Å². The molecule has 0 unspecified atom stereocenters. The first-order valence-electron chi connectivity index (χ1n) is 9.95. The smallest absolute Gasteiger partial charge is 0.320 e. The Morgan fingerprint density at radius 3 is 2.97 bits per heavy atom. The maximum absolute atomic E-state index is 13.5. The second-order valence-electron chi connectivity index (χ2n) is 7.68. The SMILES string of the molecule is Cc1cc(NC(=O)N2CCc3nn4c(c3C2)-c2ncccc2CCC4)ccc1F. The number of benzene rings is 1. The van der Waals surface area contributed by atoms with Crippen molar-refractivity contribution in [3.05, 3.63) is 64.7 Å². The number of nitrogens with one attached hydrogen (secondary N) is 1. The topological polar surface area (TPSA) is 63.1 Å². The second kappa shape index (κ2) is 6.99. The van der Waals surface area contributed by atoms with Gasteiger partial charge in [0, 0.05) is 37.0 Å². The van der Waals surface area contributed by atoms with Crippen LogP contribution in [0.15, 0.2) is 36.5 Å². The highest BCUT2D eigenvalue weighted by molar-refractivity contribution is 5.89. The van der Waals surface area contributed by atoms with Gasteiger partial charge in [-0.3, -0.25) is 9.67 Å². The van der Waals surface area contributed by atoms with E-state index in [2.05, 4.69) is 21.0 Å². The van der Waals surface area contributed by atoms with Crippen LogP contribution in [0.4, 0.5) is 14.9 Å². The number of urea groups is 1. The molecule has 0 saturated heterocycles. The van der Waals surface area contributed by atoms with E-state index in [-0.39, 0.29) is 11.8 Å². The lowest BCUT2D eigenvalue weighted by Crippen LogP contribution is -2.38. The van der Waals surface area contributed by atoms with E-state index in [0.717, 1.165) is 42.0 Å². The van der Waals surface area contributed by atoms with Gasteiger partial charge < -0.3 is 10.2 Å². The van der Waals surface area contributed by atoms with Crippen LogP contribution >= 0.6 is 0 Å². The molecule has 0 fully saturated rings. The fourth-order valence-corrected chi connectivity index (χ4v) is 4.22. The molecule has 148 valence electrons. The van der Waals surface area contributed by atoms with Crippen LogP contribution in [0.2, 0.25) is 0 Å². The van der Waals surface area contributed by atoms with Crippen LogP contribution in [0.25, 0.3) is 11.4 Å². The predicted octanol–water partition coefficient (Wildman–Crippen LogP) is 3.93. The predicted molar refractivity (Wildman–Crippen MR) is 108 cm³/mol. The van der Waals surface area contributed by atoms with Gasteiger partial charge in [0.25, 0.3) is 0 Å². The molecule has 2 aliphatic rings. The van der Waals surface area contributed by atoms with E-state index in [1.165, 1.54) is 11.6 Å². The van der Waals surface area contributed by atoms with Crippen LogP contribution in [0, 0.1) is 12.7 Å². The Kier molecular flexibility index (Phi) is 4.30. The Balaban J connectivity index is 1.44. The highest BCUT2D eigenvalue weighted by atomic mass is 19.1. The number of carbonyl (C=O) groups is 1. The highest BCUT2D eigenvalue weighted by Gasteiger charge is 2.30. The quantitative estimate of drug-likeness (QED) is 0.684. The third kappa shape index (κ3) is 3.16. The van der Waals surface area contributed by atoms with E-state index in [1.54, 1.807) is 24.0 Å². The largest absolute Gasteiger partial charge is 0.322 e. The summed E-state index contributed by atoms with van der Waals surface area (Å²) >= 11 is 0. The van der Waals surface area contributed by atoms with Crippen LogP contribution in [0.5, 0.6) is 0 Å². The van der Waals surface area contributed by atoms with Crippen molar-refractivity contribution in [2.24, 2.45) is 0 Å². The summed E-state index contributed by atoms with van der Waals surface area (Å²) in [6.45, 7) is 3.64. The van der Waals surface area contributed by atoms with Crippen molar-refractivity contribution in [2.75, 3.05) is 11.9 Å². The Hall–Kier alpha value is -3.22. The molecular formula is C22H22FN5O. The molecule has 6 nitrogen and oxygen atoms in total. The lowest BCUT2D eigenvalue weighted by atomic mass is 10.0. The fourth-order valence-electron chi connectivity index (χ4n) is 4.22. The standard InChI is InChI=1S/C22H22FN5O/c1-14-12-16(6-7-18(14)23)25-22(29)27-11-8-19-17(13-27)21-20-15(4-2-9-24-20)5-3-10-28(21)26-19/h2,4,6-7,9,12H,3,5,8,10-11,13H2,1H3,(H,25,29). The van der Waals surface area contributed by atoms with E-state index in [9.17, 15) is 9.18 Å². The van der Waals surface area contributed by atoms with Gasteiger partial charge in [-0.05, 0) is 55.2 Å². The van der Waals surface area contributed by atoms with Gasteiger partial charge in [-0.2, -0.15) is 5.10 Å². The van der Waals surface area contributed by atoms with Gasteiger partial charge in [-0.25, -0.2) is 9.18 Å². The molecule has 4 heterocycles. The van der Waals surface area contributed by atoms with E-state index in [1.807, 2.05) is 12.3 Å². The minimum absolute atomic E-state index is 0.184. The summed E-state index contributed by atoms with van der Waals surface area (Å²) in [7, 11) is 0. The number of aryl methyl sites for hydroxylation is 3. The van der Waals surface area contributed by atoms with Crippen molar-refractivity contribution >= 4 is 11.7 Å². The van der Waals surface area contributed by atoms with Crippen LogP contribution < -0.4 is 5.32 Å². The summed E-state index contributed by atoms with van der Waals surface area (Å²) in [5, 5.41) is 7.72. The number of hydrogen-bond donors (Lipinski definition) is 1. The van der Waals surface area contributed by atoms with Gasteiger partial charge in [-0.1, -0.05) is 6.07 Å². The molecule has 0 aliphatic carbocycles. The first-order chi connectivity index (χ1) is 14.1. The summed E-state index contributed by atoms with van der Waals surface area (Å²) in [5.41, 5.74) is 6.51. The summed E-state index contributed by atoms with van der Waals surface area (Å²) in [6.07, 6.45) is 4.54. The highest BCUT2D eigenvalue weighted by Crippen LogP contribution is 2.34. The molecule has 0 atom stereocenters. The van der Waals surface area contributed by atoms with Crippen LogP contribution in [-0.2, 0) is 25.9 Å². The number of carbonyl (C=O) groups excluding carboxylic acids is 1. The molecule has 0 bridgehead atoms. The van der Waals surface area contributed by atoms with E-state index >= 15 is 0 Å². The van der Waals surface area contributed by atoms with Crippen LogP contribution in [0.3, 0.4) is 0 Å². The number of anilines is 1. The average Bonchev–Trinajstić information content (AvgIpc) is 2.98. The molecule has 2 amide bonds. The number of amides is 2.